The number of pyridine rings is 1. The summed E-state index contributed by atoms with van der Waals surface area (Å²) in [6, 6.07) is 14.3. The van der Waals surface area contributed by atoms with E-state index in [1.807, 2.05) is 36.7 Å². The summed E-state index contributed by atoms with van der Waals surface area (Å²) in [5.41, 5.74) is 2.13. The molecule has 18 heavy (non-hydrogen) atoms. The molecule has 3 heteroatoms. The zero-order chi connectivity index (χ0) is 12.2. The van der Waals surface area contributed by atoms with Crippen molar-refractivity contribution in [3.63, 3.8) is 0 Å². The van der Waals surface area contributed by atoms with Gasteiger partial charge >= 0.3 is 0 Å². The molecule has 2 heterocycles. The number of para-hydroxylation sites is 1. The number of fused-ring (bicyclic) bond motifs is 1. The van der Waals surface area contributed by atoms with E-state index in [0.717, 1.165) is 23.0 Å². The maximum atomic E-state index is 4.49. The summed E-state index contributed by atoms with van der Waals surface area (Å²) in [5, 5.41) is 3.22. The lowest BCUT2D eigenvalue weighted by Gasteiger charge is -2.00. The maximum Gasteiger partial charge on any atom is 0.0732 e. The summed E-state index contributed by atoms with van der Waals surface area (Å²) in [7, 11) is 0. The van der Waals surface area contributed by atoms with E-state index in [0.29, 0.717) is 0 Å². The molecule has 2 nitrogen and oxygen atoms in total. The monoisotopic (exact) mass is 252 g/mol. The molecule has 0 N–H and O–H groups in total. The van der Waals surface area contributed by atoms with E-state index in [1.165, 1.54) is 4.88 Å². The van der Waals surface area contributed by atoms with Crippen molar-refractivity contribution in [2.45, 2.75) is 6.54 Å². The van der Waals surface area contributed by atoms with Crippen molar-refractivity contribution in [2.75, 3.05) is 0 Å². The number of hydrogen-bond acceptors (Lipinski definition) is 3. The second-order valence-corrected chi connectivity index (χ2v) is 5.00. The molecule has 0 radical (unpaired) electrons. The van der Waals surface area contributed by atoms with Crippen LogP contribution in [0.3, 0.4) is 0 Å². The van der Waals surface area contributed by atoms with Gasteiger partial charge in [0.05, 0.1) is 12.1 Å². The van der Waals surface area contributed by atoms with Gasteiger partial charge in [0.2, 0.25) is 0 Å². The largest absolute Gasteiger partial charge is 0.287 e. The van der Waals surface area contributed by atoms with Gasteiger partial charge in [-0.15, -0.1) is 11.3 Å². The van der Waals surface area contributed by atoms with Gasteiger partial charge in [-0.05, 0) is 23.6 Å². The Bertz CT molecular complexity index is 667. The minimum Gasteiger partial charge on any atom is -0.287 e. The highest BCUT2D eigenvalue weighted by Crippen LogP contribution is 2.15. The van der Waals surface area contributed by atoms with Crippen LogP contribution in [0.4, 0.5) is 0 Å². The van der Waals surface area contributed by atoms with E-state index >= 15 is 0 Å². The zero-order valence-corrected chi connectivity index (χ0v) is 10.6. The molecule has 0 aliphatic heterocycles. The summed E-state index contributed by atoms with van der Waals surface area (Å²) in [6.45, 7) is 0.744. The molecule has 2 aromatic heterocycles. The first-order chi connectivity index (χ1) is 8.93. The molecule has 3 aromatic rings. The molecule has 88 valence electrons. The molecular weight excluding hydrogens is 240 g/mol. The topological polar surface area (TPSA) is 25.2 Å². The van der Waals surface area contributed by atoms with Crippen molar-refractivity contribution >= 4 is 28.5 Å². The summed E-state index contributed by atoms with van der Waals surface area (Å²) in [4.78, 5) is 10.1. The fourth-order valence-corrected chi connectivity index (χ4v) is 2.51. The number of aliphatic imine (C=N–C) groups is 1. The van der Waals surface area contributed by atoms with Gasteiger partial charge in [0.1, 0.15) is 0 Å². The van der Waals surface area contributed by atoms with Crippen LogP contribution in [0, 0.1) is 0 Å². The van der Waals surface area contributed by atoms with Crippen LogP contribution >= 0.6 is 11.3 Å². The molecule has 0 spiro atoms. The van der Waals surface area contributed by atoms with E-state index in [9.17, 15) is 0 Å². The highest BCUT2D eigenvalue weighted by atomic mass is 32.1. The van der Waals surface area contributed by atoms with Crippen molar-refractivity contribution in [1.82, 2.24) is 4.98 Å². The van der Waals surface area contributed by atoms with E-state index < -0.39 is 0 Å². The van der Waals surface area contributed by atoms with Crippen LogP contribution in [0.5, 0.6) is 0 Å². The van der Waals surface area contributed by atoms with Crippen LogP contribution in [-0.2, 0) is 6.54 Å². The van der Waals surface area contributed by atoms with Crippen LogP contribution in [0.15, 0.2) is 59.0 Å². The third kappa shape index (κ3) is 2.31. The van der Waals surface area contributed by atoms with Gasteiger partial charge in [0, 0.05) is 28.2 Å². The zero-order valence-electron chi connectivity index (χ0n) is 9.78. The molecule has 0 aliphatic carbocycles. The highest BCUT2D eigenvalue weighted by Gasteiger charge is 1.98. The normalized spacial score (nSPS) is 11.3. The Morgan fingerprint density at radius 2 is 2.06 bits per heavy atom. The quantitative estimate of drug-likeness (QED) is 0.649. The smallest absolute Gasteiger partial charge is 0.0732 e. The average Bonchev–Trinajstić information content (AvgIpc) is 2.92. The van der Waals surface area contributed by atoms with Gasteiger partial charge in [-0.2, -0.15) is 0 Å². The molecule has 0 saturated heterocycles. The standard InChI is InChI=1S/C15H12N2S/c1-2-6-15-14(5-1)12(7-8-17-15)10-16-11-13-4-3-9-18-13/h1-10H,11H2. The predicted octanol–water partition coefficient (Wildman–Crippen LogP) is 3.92. The Hall–Kier alpha value is -2.00. The van der Waals surface area contributed by atoms with Crippen LogP contribution in [0.1, 0.15) is 10.4 Å². The minimum atomic E-state index is 0.744. The summed E-state index contributed by atoms with van der Waals surface area (Å²) in [6.07, 6.45) is 3.76. The molecule has 0 bridgehead atoms. The number of aromatic nitrogens is 1. The summed E-state index contributed by atoms with van der Waals surface area (Å²) in [5.74, 6) is 0. The second kappa shape index (κ2) is 5.10. The third-order valence-electron chi connectivity index (χ3n) is 2.74. The van der Waals surface area contributed by atoms with Crippen LogP contribution < -0.4 is 0 Å². The van der Waals surface area contributed by atoms with Gasteiger partial charge in [0.15, 0.2) is 0 Å². The summed E-state index contributed by atoms with van der Waals surface area (Å²) < 4.78 is 0. The van der Waals surface area contributed by atoms with Crippen molar-refractivity contribution < 1.29 is 0 Å². The van der Waals surface area contributed by atoms with Crippen molar-refractivity contribution in [3.8, 4) is 0 Å². The Kier molecular flexibility index (Phi) is 3.15. The lowest BCUT2D eigenvalue weighted by atomic mass is 10.1. The molecule has 0 aliphatic rings. The van der Waals surface area contributed by atoms with Crippen LogP contribution in [-0.4, -0.2) is 11.2 Å². The minimum absolute atomic E-state index is 0.744. The van der Waals surface area contributed by atoms with Crippen molar-refractivity contribution in [1.29, 1.82) is 0 Å². The molecule has 0 saturated carbocycles. The van der Waals surface area contributed by atoms with E-state index in [1.54, 1.807) is 11.3 Å². The highest BCUT2D eigenvalue weighted by molar-refractivity contribution is 7.09. The SMILES string of the molecule is C(=NCc1cccs1)c1ccnc2ccccc12. The molecule has 0 unspecified atom stereocenters. The maximum absolute atomic E-state index is 4.49. The Labute approximate surface area is 110 Å². The van der Waals surface area contributed by atoms with Crippen LogP contribution in [0.25, 0.3) is 10.9 Å². The first kappa shape index (κ1) is 11.1. The fourth-order valence-electron chi connectivity index (χ4n) is 1.87. The lowest BCUT2D eigenvalue weighted by Crippen LogP contribution is -1.87. The van der Waals surface area contributed by atoms with Crippen molar-refractivity contribution in [3.05, 3.63) is 64.5 Å². The third-order valence-corrected chi connectivity index (χ3v) is 3.60. The predicted molar refractivity (Wildman–Crippen MR) is 77.4 cm³/mol. The van der Waals surface area contributed by atoms with Crippen LogP contribution in [0.2, 0.25) is 0 Å². The number of nitrogens with zero attached hydrogens (tertiary/aromatic N) is 2. The Balaban J connectivity index is 1.88. The molecule has 0 atom stereocenters. The van der Waals surface area contributed by atoms with Gasteiger partial charge in [-0.3, -0.25) is 9.98 Å². The second-order valence-electron chi connectivity index (χ2n) is 3.97. The Morgan fingerprint density at radius 3 is 2.94 bits per heavy atom. The van der Waals surface area contributed by atoms with E-state index in [2.05, 4.69) is 33.6 Å². The number of benzene rings is 1. The molecule has 1 aromatic carbocycles. The number of hydrogen-bond donors (Lipinski definition) is 0. The Morgan fingerprint density at radius 1 is 1.11 bits per heavy atom. The first-order valence-electron chi connectivity index (χ1n) is 5.79. The molecule has 0 fully saturated rings. The fraction of sp³-hybridized carbons (Fsp3) is 0.0667. The molecule has 3 rings (SSSR count). The molecular formula is C15H12N2S. The van der Waals surface area contributed by atoms with E-state index in [4.69, 9.17) is 0 Å². The molecule has 0 amide bonds. The van der Waals surface area contributed by atoms with Gasteiger partial charge in [-0.1, -0.05) is 24.3 Å². The number of rotatable bonds is 3. The van der Waals surface area contributed by atoms with Gasteiger partial charge < -0.3 is 0 Å². The first-order valence-corrected chi connectivity index (χ1v) is 6.67. The van der Waals surface area contributed by atoms with Crippen molar-refractivity contribution in [2.24, 2.45) is 4.99 Å². The summed E-state index contributed by atoms with van der Waals surface area (Å²) >= 11 is 1.74. The van der Waals surface area contributed by atoms with E-state index in [-0.39, 0.29) is 0 Å². The average molecular weight is 252 g/mol. The van der Waals surface area contributed by atoms with Gasteiger partial charge in [0.25, 0.3) is 0 Å². The number of thiophene rings is 1. The van der Waals surface area contributed by atoms with Gasteiger partial charge in [-0.25, -0.2) is 0 Å². The lowest BCUT2D eigenvalue weighted by molar-refractivity contribution is 1.11.